The van der Waals surface area contributed by atoms with Gasteiger partial charge >= 0.3 is 5.97 Å². The molecule has 0 bridgehead atoms. The van der Waals surface area contributed by atoms with E-state index in [9.17, 15) is 9.59 Å². The summed E-state index contributed by atoms with van der Waals surface area (Å²) in [6, 6.07) is 7.39. The highest BCUT2D eigenvalue weighted by Crippen LogP contribution is 2.21. The molecule has 0 aliphatic carbocycles. The Morgan fingerprint density at radius 1 is 1.23 bits per heavy atom. The maximum atomic E-state index is 11.8. The Kier molecular flexibility index (Phi) is 6.74. The Morgan fingerprint density at radius 3 is 2.32 bits per heavy atom. The molecule has 1 atom stereocenters. The van der Waals surface area contributed by atoms with E-state index in [0.717, 1.165) is 10.6 Å². The first kappa shape index (κ1) is 18.4. The Balaban J connectivity index is 2.40. The first-order valence-corrected chi connectivity index (χ1v) is 7.98. The topological polar surface area (TPSA) is 64.6 Å². The van der Waals surface area contributed by atoms with Gasteiger partial charge in [-0.15, -0.1) is 11.8 Å². The summed E-state index contributed by atoms with van der Waals surface area (Å²) in [7, 11) is 1.60. The fourth-order valence-electron chi connectivity index (χ4n) is 1.57. The van der Waals surface area contributed by atoms with Crippen molar-refractivity contribution in [3.8, 4) is 5.75 Å². The zero-order valence-corrected chi connectivity index (χ0v) is 14.5. The number of amides is 1. The minimum absolute atomic E-state index is 0.152. The smallest absolute Gasteiger partial charge is 0.317 e. The second kappa shape index (κ2) is 8.08. The number of thioether (sulfide) groups is 1. The molecule has 0 unspecified atom stereocenters. The second-order valence-corrected chi connectivity index (χ2v) is 6.88. The lowest BCUT2D eigenvalue weighted by molar-refractivity contribution is -0.152. The van der Waals surface area contributed by atoms with E-state index in [1.165, 1.54) is 11.8 Å². The molecule has 122 valence electrons. The van der Waals surface area contributed by atoms with Gasteiger partial charge in [0.25, 0.3) is 5.91 Å². The summed E-state index contributed by atoms with van der Waals surface area (Å²) in [5.41, 5.74) is -0.352. The van der Waals surface area contributed by atoms with Crippen LogP contribution in [-0.4, -0.2) is 36.4 Å². The fourth-order valence-corrected chi connectivity index (χ4v) is 2.25. The van der Waals surface area contributed by atoms with Crippen LogP contribution in [0.1, 0.15) is 27.7 Å². The van der Waals surface area contributed by atoms with E-state index in [4.69, 9.17) is 9.47 Å². The van der Waals surface area contributed by atoms with Gasteiger partial charge in [-0.2, -0.15) is 0 Å². The van der Waals surface area contributed by atoms with Crippen molar-refractivity contribution < 1.29 is 19.1 Å². The minimum atomic E-state index is -0.803. The van der Waals surface area contributed by atoms with Gasteiger partial charge in [0.15, 0.2) is 6.10 Å². The van der Waals surface area contributed by atoms with E-state index in [1.807, 2.05) is 45.0 Å². The molecule has 0 fully saturated rings. The van der Waals surface area contributed by atoms with Crippen LogP contribution in [0, 0.1) is 0 Å². The summed E-state index contributed by atoms with van der Waals surface area (Å²) < 4.78 is 10.2. The molecule has 6 heteroatoms. The van der Waals surface area contributed by atoms with Crippen molar-refractivity contribution in [2.45, 2.75) is 44.2 Å². The molecule has 0 aliphatic heterocycles. The molecule has 0 aliphatic rings. The summed E-state index contributed by atoms with van der Waals surface area (Å²) in [4.78, 5) is 24.5. The third kappa shape index (κ3) is 6.85. The third-order valence-electron chi connectivity index (χ3n) is 2.59. The molecule has 1 aromatic rings. The van der Waals surface area contributed by atoms with Gasteiger partial charge < -0.3 is 14.8 Å². The van der Waals surface area contributed by atoms with Crippen LogP contribution in [0.2, 0.25) is 0 Å². The average Bonchev–Trinajstić information content (AvgIpc) is 2.43. The summed E-state index contributed by atoms with van der Waals surface area (Å²) in [6.07, 6.45) is -0.803. The van der Waals surface area contributed by atoms with Crippen LogP contribution in [0.15, 0.2) is 29.2 Å². The number of carbonyl (C=O) groups is 2. The van der Waals surface area contributed by atoms with Crippen molar-refractivity contribution in [2.75, 3.05) is 12.9 Å². The summed E-state index contributed by atoms with van der Waals surface area (Å²) >= 11 is 1.35. The van der Waals surface area contributed by atoms with Crippen molar-refractivity contribution in [3.63, 3.8) is 0 Å². The highest BCUT2D eigenvalue weighted by Gasteiger charge is 2.22. The number of carbonyl (C=O) groups excluding carboxylic acids is 2. The predicted octanol–water partition coefficient (Wildman–Crippen LogP) is 2.63. The van der Waals surface area contributed by atoms with Gasteiger partial charge in [-0.25, -0.2) is 0 Å². The molecule has 0 spiro atoms. The quantitative estimate of drug-likeness (QED) is 0.643. The Labute approximate surface area is 135 Å². The number of hydrogen-bond acceptors (Lipinski definition) is 5. The third-order valence-corrected chi connectivity index (χ3v) is 3.58. The van der Waals surface area contributed by atoms with Gasteiger partial charge in [0.1, 0.15) is 5.75 Å². The summed E-state index contributed by atoms with van der Waals surface area (Å²) in [5.74, 6) is 0.200. The Hall–Kier alpha value is -1.69. The average molecular weight is 325 g/mol. The summed E-state index contributed by atoms with van der Waals surface area (Å²) in [6.45, 7) is 7.19. The van der Waals surface area contributed by atoms with Crippen LogP contribution in [0.25, 0.3) is 0 Å². The van der Waals surface area contributed by atoms with Crippen molar-refractivity contribution >= 4 is 23.6 Å². The van der Waals surface area contributed by atoms with Gasteiger partial charge in [0.05, 0.1) is 12.9 Å². The largest absolute Gasteiger partial charge is 0.497 e. The van der Waals surface area contributed by atoms with E-state index in [-0.39, 0.29) is 17.2 Å². The van der Waals surface area contributed by atoms with E-state index in [2.05, 4.69) is 5.32 Å². The van der Waals surface area contributed by atoms with Crippen LogP contribution in [-0.2, 0) is 14.3 Å². The van der Waals surface area contributed by atoms with E-state index >= 15 is 0 Å². The number of rotatable bonds is 6. The molecular formula is C16H23NO4S. The first-order chi connectivity index (χ1) is 10.2. The van der Waals surface area contributed by atoms with Gasteiger partial charge in [-0.1, -0.05) is 0 Å². The van der Waals surface area contributed by atoms with Gasteiger partial charge in [0.2, 0.25) is 0 Å². The van der Waals surface area contributed by atoms with Crippen LogP contribution in [0.4, 0.5) is 0 Å². The van der Waals surface area contributed by atoms with Gasteiger partial charge in [-0.3, -0.25) is 9.59 Å². The standard InChI is InChI=1S/C16H23NO4S/c1-11(15(19)17-16(2,3)4)21-14(18)10-22-13-8-6-12(20-5)7-9-13/h6-9,11H,10H2,1-5H3,(H,17,19)/t11-/m0/s1. The molecule has 1 rings (SSSR count). The maximum Gasteiger partial charge on any atom is 0.317 e. The van der Waals surface area contributed by atoms with E-state index < -0.39 is 12.1 Å². The zero-order valence-electron chi connectivity index (χ0n) is 13.6. The number of nitrogens with one attached hydrogen (secondary N) is 1. The lowest BCUT2D eigenvalue weighted by Gasteiger charge is -2.23. The minimum Gasteiger partial charge on any atom is -0.497 e. The molecule has 1 N–H and O–H groups in total. The van der Waals surface area contributed by atoms with Gasteiger partial charge in [0, 0.05) is 10.4 Å². The van der Waals surface area contributed by atoms with E-state index in [1.54, 1.807) is 14.0 Å². The second-order valence-electron chi connectivity index (χ2n) is 5.84. The lowest BCUT2D eigenvalue weighted by Crippen LogP contribution is -2.46. The van der Waals surface area contributed by atoms with Crippen molar-refractivity contribution in [1.29, 1.82) is 0 Å². The SMILES string of the molecule is COc1ccc(SCC(=O)O[C@@H](C)C(=O)NC(C)(C)C)cc1. The van der Waals surface area contributed by atoms with Gasteiger partial charge in [-0.05, 0) is 52.0 Å². The van der Waals surface area contributed by atoms with Crippen molar-refractivity contribution in [3.05, 3.63) is 24.3 Å². The number of esters is 1. The molecule has 0 saturated carbocycles. The van der Waals surface area contributed by atoms with E-state index in [0.29, 0.717) is 0 Å². The molecule has 1 aromatic carbocycles. The molecule has 1 amide bonds. The Bertz CT molecular complexity index is 508. The van der Waals surface area contributed by atoms with Crippen LogP contribution < -0.4 is 10.1 Å². The molecule has 5 nitrogen and oxygen atoms in total. The molecule has 0 saturated heterocycles. The molecule has 22 heavy (non-hydrogen) atoms. The first-order valence-electron chi connectivity index (χ1n) is 6.99. The van der Waals surface area contributed by atoms with Crippen molar-refractivity contribution in [1.82, 2.24) is 5.32 Å². The maximum absolute atomic E-state index is 11.8. The lowest BCUT2D eigenvalue weighted by atomic mass is 10.1. The predicted molar refractivity (Wildman–Crippen MR) is 87.2 cm³/mol. The zero-order chi connectivity index (χ0) is 16.8. The number of benzene rings is 1. The molecule has 0 radical (unpaired) electrons. The number of hydrogen-bond donors (Lipinski definition) is 1. The normalized spacial score (nSPS) is 12.4. The van der Waals surface area contributed by atoms with Crippen LogP contribution in [0.3, 0.4) is 0 Å². The van der Waals surface area contributed by atoms with Crippen molar-refractivity contribution in [2.24, 2.45) is 0 Å². The highest BCUT2D eigenvalue weighted by atomic mass is 32.2. The monoisotopic (exact) mass is 325 g/mol. The summed E-state index contributed by atoms with van der Waals surface area (Å²) in [5, 5.41) is 2.77. The molecule has 0 heterocycles. The number of ether oxygens (including phenoxy) is 2. The van der Waals surface area contributed by atoms with Crippen LogP contribution >= 0.6 is 11.8 Å². The molecule has 0 aromatic heterocycles. The number of methoxy groups -OCH3 is 1. The fraction of sp³-hybridized carbons (Fsp3) is 0.500. The molecular weight excluding hydrogens is 302 g/mol. The highest BCUT2D eigenvalue weighted by molar-refractivity contribution is 8.00. The Morgan fingerprint density at radius 2 is 1.82 bits per heavy atom. The van der Waals surface area contributed by atoms with Crippen LogP contribution in [0.5, 0.6) is 5.75 Å².